The van der Waals surface area contributed by atoms with Crippen LogP contribution in [0.2, 0.25) is 0 Å². The van der Waals surface area contributed by atoms with Gasteiger partial charge in [-0.3, -0.25) is 9.59 Å². The quantitative estimate of drug-likeness (QED) is 0.656. The maximum atomic E-state index is 12.2. The third-order valence-electron chi connectivity index (χ3n) is 3.95. The molecule has 144 valence electrons. The molecule has 2 rings (SSSR count). The van der Waals surface area contributed by atoms with E-state index in [1.54, 1.807) is 42.7 Å². The molecule has 0 aliphatic heterocycles. The van der Waals surface area contributed by atoms with Crippen LogP contribution in [-0.2, 0) is 17.9 Å². The molecular formula is C19H23N3O5. The second kappa shape index (κ2) is 9.42. The van der Waals surface area contributed by atoms with Crippen molar-refractivity contribution >= 4 is 17.9 Å². The zero-order valence-corrected chi connectivity index (χ0v) is 15.3. The van der Waals surface area contributed by atoms with Crippen LogP contribution in [-0.4, -0.2) is 41.5 Å². The fraction of sp³-hybridized carbons (Fsp3) is 0.316. The minimum Gasteiger partial charge on any atom is -0.481 e. The van der Waals surface area contributed by atoms with Crippen molar-refractivity contribution in [2.75, 3.05) is 13.6 Å². The Hall–Kier alpha value is -3.29. The number of hydrogen-bond donors (Lipinski definition) is 3. The lowest BCUT2D eigenvalue weighted by Crippen LogP contribution is -2.40. The number of carbonyl (C=O) groups is 3. The first-order chi connectivity index (χ1) is 12.9. The van der Waals surface area contributed by atoms with Crippen LogP contribution in [0.4, 0.5) is 4.79 Å². The first kappa shape index (κ1) is 20.0. The molecule has 3 amide bonds. The average Bonchev–Trinajstić information content (AvgIpc) is 3.17. The molecule has 0 saturated heterocycles. The van der Waals surface area contributed by atoms with Gasteiger partial charge in [0.05, 0.1) is 18.7 Å². The zero-order valence-electron chi connectivity index (χ0n) is 15.3. The van der Waals surface area contributed by atoms with E-state index in [0.717, 1.165) is 5.56 Å². The molecule has 0 saturated carbocycles. The monoisotopic (exact) mass is 373 g/mol. The van der Waals surface area contributed by atoms with Crippen LogP contribution in [0.1, 0.15) is 28.6 Å². The Morgan fingerprint density at radius 1 is 1.15 bits per heavy atom. The predicted octanol–water partition coefficient (Wildman–Crippen LogP) is 2.07. The van der Waals surface area contributed by atoms with E-state index in [2.05, 4.69) is 10.6 Å². The molecule has 0 radical (unpaired) electrons. The zero-order chi connectivity index (χ0) is 19.8. The van der Waals surface area contributed by atoms with Gasteiger partial charge in [-0.05, 0) is 29.8 Å². The number of amides is 3. The number of aliphatic carboxylic acids is 1. The lowest BCUT2D eigenvalue weighted by Gasteiger charge is -2.20. The van der Waals surface area contributed by atoms with Gasteiger partial charge in [0.25, 0.3) is 5.91 Å². The topological polar surface area (TPSA) is 112 Å². The Morgan fingerprint density at radius 3 is 2.59 bits per heavy atom. The standard InChI is InChI=1S/C19H23N3O5/c1-13(18(24)25)12-22(2)19(26)21-10-14-5-3-6-15(9-14)17(23)20-11-16-7-4-8-27-16/h3-9,13H,10-12H2,1-2H3,(H,20,23)(H,21,26)(H,24,25). The van der Waals surface area contributed by atoms with Crippen molar-refractivity contribution in [3.8, 4) is 0 Å². The number of carboxylic acid groups (broad SMARTS) is 1. The maximum absolute atomic E-state index is 12.2. The van der Waals surface area contributed by atoms with Gasteiger partial charge in [0.15, 0.2) is 0 Å². The first-order valence-electron chi connectivity index (χ1n) is 8.48. The number of urea groups is 1. The molecule has 0 bridgehead atoms. The van der Waals surface area contributed by atoms with Gasteiger partial charge in [-0.2, -0.15) is 0 Å². The minimum atomic E-state index is -0.956. The fourth-order valence-corrected chi connectivity index (χ4v) is 2.39. The van der Waals surface area contributed by atoms with Crippen LogP contribution >= 0.6 is 0 Å². The van der Waals surface area contributed by atoms with Crippen molar-refractivity contribution in [1.29, 1.82) is 0 Å². The summed E-state index contributed by atoms with van der Waals surface area (Å²) in [6, 6.07) is 10.0. The number of nitrogens with zero attached hydrogens (tertiary/aromatic N) is 1. The van der Waals surface area contributed by atoms with Crippen molar-refractivity contribution in [3.63, 3.8) is 0 Å². The highest BCUT2D eigenvalue weighted by Crippen LogP contribution is 2.07. The van der Waals surface area contributed by atoms with Crippen molar-refractivity contribution in [1.82, 2.24) is 15.5 Å². The minimum absolute atomic E-state index is 0.108. The van der Waals surface area contributed by atoms with Gasteiger partial charge in [0.2, 0.25) is 0 Å². The largest absolute Gasteiger partial charge is 0.481 e. The van der Waals surface area contributed by atoms with Gasteiger partial charge in [0, 0.05) is 25.7 Å². The molecule has 2 aromatic rings. The molecule has 1 atom stereocenters. The SMILES string of the molecule is CC(CN(C)C(=O)NCc1cccc(C(=O)NCc2ccco2)c1)C(=O)O. The highest BCUT2D eigenvalue weighted by Gasteiger charge is 2.17. The Labute approximate surface area is 157 Å². The van der Waals surface area contributed by atoms with Gasteiger partial charge in [-0.15, -0.1) is 0 Å². The number of carboxylic acids is 1. The van der Waals surface area contributed by atoms with Gasteiger partial charge >= 0.3 is 12.0 Å². The summed E-state index contributed by atoms with van der Waals surface area (Å²) in [4.78, 5) is 36.5. The molecule has 3 N–H and O–H groups in total. The summed E-state index contributed by atoms with van der Waals surface area (Å²) in [6.45, 7) is 2.16. The molecule has 1 aromatic heterocycles. The first-order valence-corrected chi connectivity index (χ1v) is 8.48. The van der Waals surface area contributed by atoms with Crippen LogP contribution < -0.4 is 10.6 Å². The maximum Gasteiger partial charge on any atom is 0.317 e. The Kier molecular flexibility index (Phi) is 6.99. The van der Waals surface area contributed by atoms with Gasteiger partial charge in [-0.25, -0.2) is 4.79 Å². The summed E-state index contributed by atoms with van der Waals surface area (Å²) in [5.41, 5.74) is 1.23. The number of hydrogen-bond acceptors (Lipinski definition) is 4. The van der Waals surface area contributed by atoms with E-state index >= 15 is 0 Å². The molecule has 1 aromatic carbocycles. The average molecular weight is 373 g/mol. The summed E-state index contributed by atoms with van der Waals surface area (Å²) in [7, 11) is 1.53. The lowest BCUT2D eigenvalue weighted by molar-refractivity contribution is -0.141. The molecule has 1 unspecified atom stereocenters. The number of carbonyl (C=O) groups excluding carboxylic acids is 2. The number of furan rings is 1. The summed E-state index contributed by atoms with van der Waals surface area (Å²) >= 11 is 0. The van der Waals surface area contributed by atoms with E-state index in [-0.39, 0.29) is 25.0 Å². The molecule has 0 fully saturated rings. The van der Waals surface area contributed by atoms with E-state index in [1.807, 2.05) is 0 Å². The van der Waals surface area contributed by atoms with Crippen LogP contribution in [0, 0.1) is 5.92 Å². The van der Waals surface area contributed by atoms with Gasteiger partial charge in [0.1, 0.15) is 5.76 Å². The normalized spacial score (nSPS) is 11.5. The van der Waals surface area contributed by atoms with Crippen LogP contribution in [0.25, 0.3) is 0 Å². The Balaban J connectivity index is 1.86. The van der Waals surface area contributed by atoms with E-state index in [1.165, 1.54) is 18.9 Å². The van der Waals surface area contributed by atoms with E-state index < -0.39 is 11.9 Å². The third kappa shape index (κ3) is 6.18. The number of nitrogens with one attached hydrogen (secondary N) is 2. The molecule has 1 heterocycles. The van der Waals surface area contributed by atoms with Crippen LogP contribution in [0.5, 0.6) is 0 Å². The molecule has 8 nitrogen and oxygen atoms in total. The van der Waals surface area contributed by atoms with Gasteiger partial charge in [-0.1, -0.05) is 19.1 Å². The van der Waals surface area contributed by atoms with Crippen molar-refractivity contribution in [2.45, 2.75) is 20.0 Å². The Bertz CT molecular complexity index is 788. The molecule has 0 spiro atoms. The highest BCUT2D eigenvalue weighted by atomic mass is 16.4. The molecule has 0 aliphatic rings. The predicted molar refractivity (Wildman–Crippen MR) is 98.0 cm³/mol. The number of benzene rings is 1. The molecule has 0 aliphatic carbocycles. The summed E-state index contributed by atoms with van der Waals surface area (Å²) in [6.07, 6.45) is 1.54. The Morgan fingerprint density at radius 2 is 1.93 bits per heavy atom. The molecule has 8 heteroatoms. The van der Waals surface area contributed by atoms with Crippen molar-refractivity contribution in [2.24, 2.45) is 5.92 Å². The van der Waals surface area contributed by atoms with Crippen molar-refractivity contribution in [3.05, 3.63) is 59.5 Å². The summed E-state index contributed by atoms with van der Waals surface area (Å²) in [5, 5.41) is 14.4. The summed E-state index contributed by atoms with van der Waals surface area (Å²) in [5.74, 6) is -1.19. The van der Waals surface area contributed by atoms with E-state index in [9.17, 15) is 14.4 Å². The van der Waals surface area contributed by atoms with Crippen LogP contribution in [0.3, 0.4) is 0 Å². The van der Waals surface area contributed by atoms with Gasteiger partial charge < -0.3 is 25.1 Å². The fourth-order valence-electron chi connectivity index (χ4n) is 2.39. The summed E-state index contributed by atoms with van der Waals surface area (Å²) < 4.78 is 5.17. The van der Waals surface area contributed by atoms with E-state index in [4.69, 9.17) is 9.52 Å². The van der Waals surface area contributed by atoms with Crippen molar-refractivity contribution < 1.29 is 23.9 Å². The van der Waals surface area contributed by atoms with E-state index in [0.29, 0.717) is 17.9 Å². The highest BCUT2D eigenvalue weighted by molar-refractivity contribution is 5.94. The molecular weight excluding hydrogens is 350 g/mol. The second-order valence-electron chi connectivity index (χ2n) is 6.24. The lowest BCUT2D eigenvalue weighted by atomic mass is 10.1. The smallest absolute Gasteiger partial charge is 0.317 e. The molecule has 27 heavy (non-hydrogen) atoms. The van der Waals surface area contributed by atoms with Crippen LogP contribution in [0.15, 0.2) is 47.1 Å². The second-order valence-corrected chi connectivity index (χ2v) is 6.24. The third-order valence-corrected chi connectivity index (χ3v) is 3.95. The number of rotatable bonds is 8.